The maximum atomic E-state index is 4.25. The van der Waals surface area contributed by atoms with E-state index < -0.39 is 0 Å². The van der Waals surface area contributed by atoms with Gasteiger partial charge in [-0.2, -0.15) is 15.3 Å². The van der Waals surface area contributed by atoms with Gasteiger partial charge < -0.3 is 18.3 Å². The summed E-state index contributed by atoms with van der Waals surface area (Å²) in [6.45, 7) is 111. The Morgan fingerprint density at radius 3 is 0.937 bits per heavy atom. The zero-order valence-electron chi connectivity index (χ0n) is 90.1. The van der Waals surface area contributed by atoms with Crippen LogP contribution in [0.4, 0.5) is 0 Å². The summed E-state index contributed by atoms with van der Waals surface area (Å²) in [5.74, 6) is 4.44. The van der Waals surface area contributed by atoms with Gasteiger partial charge in [-0.25, -0.2) is 34.0 Å². The molecule has 0 atom stereocenters. The van der Waals surface area contributed by atoms with Crippen molar-refractivity contribution in [3.05, 3.63) is 127 Å². The largest absolute Gasteiger partial charge is 0.337 e. The average molecular weight is 2370 g/mol. The molecule has 8 aliphatic heterocycles. The molecule has 27 nitrogen and oxygen atoms in total. The van der Waals surface area contributed by atoms with Gasteiger partial charge in [0.1, 0.15) is 42.3 Å². The molecule has 714 valence electrons. The summed E-state index contributed by atoms with van der Waals surface area (Å²) >= 11 is 0. The molecule has 0 spiro atoms. The third-order valence-electron chi connectivity index (χ3n) is 17.4. The van der Waals surface area contributed by atoms with Crippen LogP contribution in [0, 0.1) is 0 Å². The zero-order valence-corrected chi connectivity index (χ0v) is 113. The molecule has 16 heterocycles. The molecule has 126 heavy (non-hydrogen) atoms. The van der Waals surface area contributed by atoms with Crippen molar-refractivity contribution in [2.45, 2.75) is 473 Å². The first-order valence-corrected chi connectivity index (χ1v) is 46.7. The Labute approximate surface area is 978 Å². The van der Waals surface area contributed by atoms with E-state index in [9.17, 15) is 0 Å². The van der Waals surface area contributed by atoms with Crippen molar-refractivity contribution in [1.82, 2.24) is 132 Å². The molecule has 0 saturated carbocycles. The van der Waals surface area contributed by atoms with Gasteiger partial charge in [0.05, 0.1) is 109 Å². The van der Waals surface area contributed by atoms with Gasteiger partial charge in [0, 0.05) is 373 Å². The summed E-state index contributed by atoms with van der Waals surface area (Å²) in [6.07, 6.45) is 18.6. The van der Waals surface area contributed by atoms with E-state index in [1.807, 2.05) is 259 Å². The summed E-state index contributed by atoms with van der Waals surface area (Å²) in [5, 5.41) is 28.0. The Morgan fingerprint density at radius 2 is 0.571 bits per heavy atom. The van der Waals surface area contributed by atoms with Crippen LogP contribution in [0.5, 0.6) is 0 Å². The van der Waals surface area contributed by atoms with Crippen LogP contribution < -0.4 is 0 Å². The van der Waals surface area contributed by atoms with E-state index in [1.165, 1.54) is 28.6 Å². The van der Waals surface area contributed by atoms with Crippen LogP contribution in [0.3, 0.4) is 0 Å². The summed E-state index contributed by atoms with van der Waals surface area (Å²) in [5.41, 5.74) is 5.33. The summed E-state index contributed by atoms with van der Waals surface area (Å²) in [6, 6.07) is 11.3. The van der Waals surface area contributed by atoms with Crippen LogP contribution in [-0.4, -0.2) is 180 Å². The van der Waals surface area contributed by atoms with E-state index in [0.29, 0.717) is 48.3 Å². The van der Waals surface area contributed by atoms with Gasteiger partial charge in [-0.1, -0.05) is 213 Å². The topological polar surface area (TPSA) is 207 Å². The van der Waals surface area contributed by atoms with E-state index in [0.717, 1.165) is 123 Å². The molecule has 0 fully saturated rings. The fourth-order valence-electron chi connectivity index (χ4n) is 10.9. The Balaban J connectivity index is -0.0000000816. The predicted molar refractivity (Wildman–Crippen MR) is 507 cm³/mol. The smallest absolute Gasteiger partial charge is 0.148 e. The van der Waals surface area contributed by atoms with Crippen LogP contribution in [-0.2, 0) is 367 Å². The van der Waals surface area contributed by atoms with Gasteiger partial charge in [0.15, 0.2) is 0 Å². The molecule has 0 aromatic carbocycles. The Morgan fingerprint density at radius 1 is 0.246 bits per heavy atom. The quantitative estimate of drug-likeness (QED) is 0.139. The van der Waals surface area contributed by atoms with Gasteiger partial charge >= 0.3 is 0 Å². The van der Waals surface area contributed by atoms with Crippen molar-refractivity contribution >= 4 is 0 Å². The van der Waals surface area contributed by atoms with Crippen molar-refractivity contribution in [2.24, 2.45) is 0 Å². The Bertz CT molecular complexity index is 2560. The number of nitrogens with zero attached hydrogens (tertiary/aromatic N) is 27. The Kier molecular flexibility index (Phi) is 136. The summed E-state index contributed by atoms with van der Waals surface area (Å²) in [7, 11) is 0. The molecule has 0 aliphatic carbocycles. The number of rotatable bonds is 8. The minimum Gasteiger partial charge on any atom is -0.337 e. The number of fused-ring (bicyclic) bond motifs is 8. The van der Waals surface area contributed by atoms with Crippen LogP contribution in [0.2, 0.25) is 0 Å². The minimum absolute atomic E-state index is 0. The van der Waals surface area contributed by atoms with Crippen LogP contribution in [0.15, 0.2) is 80.7 Å². The first kappa shape index (κ1) is 162. The molecule has 8 aromatic rings. The number of aromatic nitrogens is 19. The summed E-state index contributed by atoms with van der Waals surface area (Å²) in [4.78, 5) is 35.6. The third-order valence-corrected chi connectivity index (χ3v) is 17.4. The second-order valence-corrected chi connectivity index (χ2v) is 26.1. The number of hydrogen-bond acceptors (Lipinski definition) is 19. The Hall–Kier alpha value is 1.98. The molecule has 0 unspecified atom stereocenters. The molecule has 8 aliphatic rings. The predicted octanol–water partition coefficient (Wildman–Crippen LogP) is 22.1. The van der Waals surface area contributed by atoms with Crippen LogP contribution in [0.25, 0.3) is 0 Å². The van der Waals surface area contributed by atoms with E-state index in [-0.39, 0.29) is 262 Å². The number of hydrogen-bond donors (Lipinski definition) is 0. The summed E-state index contributed by atoms with van der Waals surface area (Å²) < 4.78 is 16.7. The minimum atomic E-state index is 0. The molecule has 0 N–H and O–H groups in total. The van der Waals surface area contributed by atoms with Crippen molar-refractivity contribution in [3.63, 3.8) is 0 Å². The maximum Gasteiger partial charge on any atom is 0.148 e. The molecule has 35 heteroatoms. The molecule has 8 aromatic heterocycles. The van der Waals surface area contributed by atoms with Crippen molar-refractivity contribution < 1.29 is 262 Å². The first-order valence-electron chi connectivity index (χ1n) is 46.7. The number of imidazole rings is 2. The van der Waals surface area contributed by atoms with E-state index >= 15 is 0 Å². The molecule has 16 rings (SSSR count). The van der Waals surface area contributed by atoms with Crippen LogP contribution in [0.1, 0.15) is 365 Å². The van der Waals surface area contributed by atoms with Crippen molar-refractivity contribution in [2.75, 3.05) is 0 Å². The van der Waals surface area contributed by atoms with E-state index in [2.05, 4.69) is 253 Å². The average Bonchev–Trinajstić information content (AvgIpc) is 1.76. The first-order chi connectivity index (χ1) is 57.2. The molecule has 8 radical (unpaired) electrons. The van der Waals surface area contributed by atoms with E-state index in [4.69, 9.17) is 0 Å². The van der Waals surface area contributed by atoms with Gasteiger partial charge in [-0.05, 0) is 129 Å². The maximum absolute atomic E-state index is 4.25. The van der Waals surface area contributed by atoms with E-state index in [1.54, 1.807) is 19.0 Å². The SMILES string of the molecule is CC.CC.CC.CC.CC.CC.CC.CC.CC.CC.CC.CC.CC.CC.CC.CC(C)N1Cc2cccn2C1.CC(C)N1Cc2ccnn2C1.CC(C)N1Cc2cncn2C1.CC(C)N1Cc2cnnn2C1.CC(C)N1Cc2nccn2C1.CC(C)N1Cc2ncnn2C1.CC(C)N1Cc2ncnn2C1.CC(C)N1Cc2nncn2C1.[Y].[Y].[Y].[Y].[Y].[Y].[Y].[Y]. The molecular formula is C91H191N27Y8. The third kappa shape index (κ3) is 62.1. The second kappa shape index (κ2) is 106. The van der Waals surface area contributed by atoms with Crippen LogP contribution >= 0.6 is 0 Å². The van der Waals surface area contributed by atoms with Gasteiger partial charge in [-0.15, -0.1) is 15.3 Å². The fourth-order valence-corrected chi connectivity index (χ4v) is 10.9. The second-order valence-electron chi connectivity index (χ2n) is 26.1. The van der Waals surface area contributed by atoms with Gasteiger partial charge in [0.25, 0.3) is 0 Å². The monoisotopic (exact) mass is 2370 g/mol. The van der Waals surface area contributed by atoms with Gasteiger partial charge in [0.2, 0.25) is 0 Å². The zero-order chi connectivity index (χ0) is 92.8. The fraction of sp³-hybridized carbons (Fsp3) is 0.769. The molecule has 0 saturated heterocycles. The molecular weight excluding hydrogens is 2180 g/mol. The molecule has 0 amide bonds. The van der Waals surface area contributed by atoms with Gasteiger partial charge in [-0.3, -0.25) is 43.9 Å². The molecule has 0 bridgehead atoms. The van der Waals surface area contributed by atoms with Crippen molar-refractivity contribution in [3.8, 4) is 0 Å². The standard InChI is InChI=1S/C9H14N2.3C8H13N3.4C7H12N4.15C2H6.8Y/c1-8(2)11-6-9-4-3-5-10(9)7-11;1-7(2)10-4-8-3-9-5-11(8)6-10;1-7(2)11-5-8-9-3-4-10(8)6-11;1-7(2)10-5-8-3-4-9-11(8)6-10;1-6(2)10-3-7-9-8-4-11(7)5-10;2*1-6(2)10-3-7-8-4-9-11(7)5-10;1-6(2)10-4-7-3-8-9-11(7)5-10;15*1-2;;;;;;;;/h3-5,8H,6-7H2,1-2H3;3,5,7H,4,6H2,1-2H3;2*3-4,7H,5-6H2,1-2H3;3*4,6H,3,5H2,1-2H3;3,6H,4-5H2,1-2H3;15*1-2H3;;;;;;;;. The normalized spacial score (nSPS) is 13.1. The van der Waals surface area contributed by atoms with Crippen molar-refractivity contribution in [1.29, 1.82) is 0 Å².